The van der Waals surface area contributed by atoms with E-state index in [-0.39, 0.29) is 13.0 Å². The van der Waals surface area contributed by atoms with Crippen LogP contribution in [0.3, 0.4) is 0 Å². The Kier molecular flexibility index (Phi) is 5.97. The molecule has 0 aliphatic heterocycles. The molecule has 2 aromatic rings. The van der Waals surface area contributed by atoms with Crippen molar-refractivity contribution in [2.24, 2.45) is 0 Å². The zero-order chi connectivity index (χ0) is 18.5. The highest BCUT2D eigenvalue weighted by Crippen LogP contribution is 2.33. The Morgan fingerprint density at radius 2 is 2.00 bits per heavy atom. The molecule has 25 heavy (non-hydrogen) atoms. The maximum absolute atomic E-state index is 12.9. The lowest BCUT2D eigenvalue weighted by atomic mass is 9.97. The molecular weight excluding hydrogens is 335 g/mol. The largest absolute Gasteiger partial charge is 0.418 e. The number of pyridine rings is 1. The number of hydrogen-bond acceptors (Lipinski definition) is 4. The topological polar surface area (TPSA) is 74.2 Å². The second kappa shape index (κ2) is 7.79. The lowest BCUT2D eigenvalue weighted by Gasteiger charge is -2.30. The van der Waals surface area contributed by atoms with Gasteiger partial charge in [0, 0.05) is 18.1 Å². The predicted molar refractivity (Wildman–Crippen MR) is 89.2 cm³/mol. The zero-order valence-corrected chi connectivity index (χ0v) is 13.7. The number of rotatable bonds is 7. The van der Waals surface area contributed by atoms with E-state index < -0.39 is 30.7 Å². The van der Waals surface area contributed by atoms with Crippen LogP contribution in [0.15, 0.2) is 36.5 Å². The Bertz CT molecular complexity index is 731. The van der Waals surface area contributed by atoms with Gasteiger partial charge in [-0.1, -0.05) is 19.4 Å². The van der Waals surface area contributed by atoms with Crippen molar-refractivity contribution in [2.75, 3.05) is 18.4 Å². The van der Waals surface area contributed by atoms with Crippen LogP contribution in [0, 0.1) is 0 Å². The SMILES string of the molecule is CCCC(O)(CNCC(=O)Nc1cccc2ncccc12)C(F)(F)F. The molecule has 1 heterocycles. The van der Waals surface area contributed by atoms with Gasteiger partial charge in [0.25, 0.3) is 0 Å². The molecule has 1 atom stereocenters. The average molecular weight is 355 g/mol. The van der Waals surface area contributed by atoms with Crippen LogP contribution in [0.4, 0.5) is 18.9 Å². The second-order valence-corrected chi connectivity index (χ2v) is 5.81. The lowest BCUT2D eigenvalue weighted by Crippen LogP contribution is -2.53. The molecule has 1 aromatic heterocycles. The van der Waals surface area contributed by atoms with Crippen molar-refractivity contribution in [3.63, 3.8) is 0 Å². The van der Waals surface area contributed by atoms with Crippen LogP contribution in [-0.4, -0.2) is 40.9 Å². The summed E-state index contributed by atoms with van der Waals surface area (Å²) in [6.07, 6.45) is -3.39. The van der Waals surface area contributed by atoms with Crippen molar-refractivity contribution in [2.45, 2.75) is 31.5 Å². The van der Waals surface area contributed by atoms with Gasteiger partial charge in [-0.05, 0) is 30.7 Å². The van der Waals surface area contributed by atoms with Crippen LogP contribution < -0.4 is 10.6 Å². The van der Waals surface area contributed by atoms with E-state index in [0.717, 1.165) is 5.39 Å². The van der Waals surface area contributed by atoms with Crippen molar-refractivity contribution in [3.05, 3.63) is 36.5 Å². The maximum atomic E-state index is 12.9. The summed E-state index contributed by atoms with van der Waals surface area (Å²) >= 11 is 0. The highest BCUT2D eigenvalue weighted by atomic mass is 19.4. The number of benzene rings is 1. The van der Waals surface area contributed by atoms with Crippen LogP contribution in [0.5, 0.6) is 0 Å². The van der Waals surface area contributed by atoms with Crippen molar-refractivity contribution in [3.8, 4) is 0 Å². The number of carbonyl (C=O) groups excluding carboxylic acids is 1. The fraction of sp³-hybridized carbons (Fsp3) is 0.412. The summed E-state index contributed by atoms with van der Waals surface area (Å²) in [6, 6.07) is 8.71. The molecule has 0 saturated carbocycles. The second-order valence-electron chi connectivity index (χ2n) is 5.81. The minimum absolute atomic E-state index is 0.174. The van der Waals surface area contributed by atoms with E-state index in [4.69, 9.17) is 0 Å². The highest BCUT2D eigenvalue weighted by Gasteiger charge is 2.52. The Hall–Kier alpha value is -2.19. The number of hydrogen-bond donors (Lipinski definition) is 3. The van der Waals surface area contributed by atoms with Crippen LogP contribution >= 0.6 is 0 Å². The summed E-state index contributed by atoms with van der Waals surface area (Å²) in [5.41, 5.74) is -1.62. The molecule has 5 nitrogen and oxygen atoms in total. The van der Waals surface area contributed by atoms with E-state index in [1.807, 2.05) is 0 Å². The molecule has 8 heteroatoms. The van der Waals surface area contributed by atoms with Gasteiger partial charge in [0.15, 0.2) is 5.60 Å². The molecule has 3 N–H and O–H groups in total. The maximum Gasteiger partial charge on any atom is 0.418 e. The van der Waals surface area contributed by atoms with Crippen LogP contribution in [-0.2, 0) is 4.79 Å². The first kappa shape index (κ1) is 19.1. The Morgan fingerprint density at radius 1 is 1.24 bits per heavy atom. The van der Waals surface area contributed by atoms with Gasteiger partial charge >= 0.3 is 6.18 Å². The van der Waals surface area contributed by atoms with Crippen LogP contribution in [0.2, 0.25) is 0 Å². The highest BCUT2D eigenvalue weighted by molar-refractivity contribution is 6.01. The molecule has 136 valence electrons. The smallest absolute Gasteiger partial charge is 0.379 e. The summed E-state index contributed by atoms with van der Waals surface area (Å²) in [5.74, 6) is -0.502. The lowest BCUT2D eigenvalue weighted by molar-refractivity contribution is -0.260. The fourth-order valence-corrected chi connectivity index (χ4v) is 2.53. The first-order valence-corrected chi connectivity index (χ1v) is 7.90. The summed E-state index contributed by atoms with van der Waals surface area (Å²) < 4.78 is 38.8. The summed E-state index contributed by atoms with van der Waals surface area (Å²) in [7, 11) is 0. The average Bonchev–Trinajstić information content (AvgIpc) is 2.54. The molecule has 0 aliphatic rings. The number of fused-ring (bicyclic) bond motifs is 1. The first-order chi connectivity index (χ1) is 11.8. The first-order valence-electron chi connectivity index (χ1n) is 7.90. The molecule has 0 fully saturated rings. The summed E-state index contributed by atoms with van der Waals surface area (Å²) in [5, 5.41) is 15.5. The van der Waals surface area contributed by atoms with Gasteiger partial charge in [-0.3, -0.25) is 9.78 Å². The van der Waals surface area contributed by atoms with E-state index in [1.165, 1.54) is 0 Å². The number of carbonyl (C=O) groups is 1. The number of nitrogens with one attached hydrogen (secondary N) is 2. The van der Waals surface area contributed by atoms with E-state index in [2.05, 4.69) is 15.6 Å². The van der Waals surface area contributed by atoms with Gasteiger partial charge in [0.1, 0.15) is 0 Å². The third-order valence-electron chi connectivity index (χ3n) is 3.81. The number of amides is 1. The molecule has 1 amide bonds. The number of aromatic nitrogens is 1. The van der Waals surface area contributed by atoms with Crippen LogP contribution in [0.25, 0.3) is 10.9 Å². The number of aliphatic hydroxyl groups is 1. The molecule has 1 unspecified atom stereocenters. The predicted octanol–water partition coefficient (Wildman–Crippen LogP) is 2.86. The molecular formula is C17H20F3N3O2. The van der Waals surface area contributed by atoms with Gasteiger partial charge in [0.2, 0.25) is 5.91 Å². The Labute approximate surface area is 143 Å². The molecule has 2 rings (SSSR count). The minimum atomic E-state index is -4.76. The third kappa shape index (κ3) is 4.67. The fourth-order valence-electron chi connectivity index (χ4n) is 2.53. The van der Waals surface area contributed by atoms with Gasteiger partial charge in [0.05, 0.1) is 17.7 Å². The quantitative estimate of drug-likeness (QED) is 0.714. The molecule has 0 spiro atoms. The summed E-state index contributed by atoms with van der Waals surface area (Å²) in [6.45, 7) is 0.464. The van der Waals surface area contributed by atoms with E-state index in [9.17, 15) is 23.1 Å². The van der Waals surface area contributed by atoms with Crippen molar-refractivity contribution < 1.29 is 23.1 Å². The van der Waals surface area contributed by atoms with Crippen molar-refractivity contribution >= 4 is 22.5 Å². The molecule has 0 aliphatic carbocycles. The van der Waals surface area contributed by atoms with Gasteiger partial charge < -0.3 is 15.7 Å². The third-order valence-corrected chi connectivity index (χ3v) is 3.81. The Balaban J connectivity index is 1.96. The van der Waals surface area contributed by atoms with E-state index in [1.54, 1.807) is 43.5 Å². The van der Waals surface area contributed by atoms with Gasteiger partial charge in [-0.2, -0.15) is 13.2 Å². The van der Waals surface area contributed by atoms with Crippen LogP contribution in [0.1, 0.15) is 19.8 Å². The molecule has 0 saturated heterocycles. The van der Waals surface area contributed by atoms with Gasteiger partial charge in [-0.25, -0.2) is 0 Å². The zero-order valence-electron chi connectivity index (χ0n) is 13.7. The van der Waals surface area contributed by atoms with E-state index >= 15 is 0 Å². The van der Waals surface area contributed by atoms with Crippen molar-refractivity contribution in [1.29, 1.82) is 0 Å². The summed E-state index contributed by atoms with van der Waals surface area (Å²) in [4.78, 5) is 16.2. The number of nitrogens with zero attached hydrogens (tertiary/aromatic N) is 1. The minimum Gasteiger partial charge on any atom is -0.379 e. The van der Waals surface area contributed by atoms with Gasteiger partial charge in [-0.15, -0.1) is 0 Å². The molecule has 0 bridgehead atoms. The number of alkyl halides is 3. The molecule has 0 radical (unpaired) electrons. The normalized spacial score (nSPS) is 14.3. The molecule has 1 aromatic carbocycles. The Morgan fingerprint density at radius 3 is 2.68 bits per heavy atom. The number of anilines is 1. The van der Waals surface area contributed by atoms with Crippen molar-refractivity contribution in [1.82, 2.24) is 10.3 Å². The standard InChI is InChI=1S/C17H20F3N3O2/c1-2-8-16(25,17(18,19)20)11-21-10-15(24)23-14-7-3-6-13-12(14)5-4-9-22-13/h3-7,9,21,25H,2,8,10-11H2,1H3,(H,23,24). The monoisotopic (exact) mass is 355 g/mol. The van der Waals surface area contributed by atoms with E-state index in [0.29, 0.717) is 11.2 Å². The number of halogens is 3.